The van der Waals surface area contributed by atoms with Crippen LogP contribution >= 0.6 is 0 Å². The van der Waals surface area contributed by atoms with Crippen molar-refractivity contribution in [1.82, 2.24) is 25.3 Å². The Bertz CT molecular complexity index is 771. The number of non-ortho nitro benzene ring substituents is 1. The van der Waals surface area contributed by atoms with Crippen molar-refractivity contribution in [1.29, 1.82) is 0 Å². The number of aryl methyl sites for hydroxylation is 1. The number of sulfonamides is 1. The Kier molecular flexibility index (Phi) is 3.95. The van der Waals surface area contributed by atoms with Gasteiger partial charge in [-0.05, 0) is 25.0 Å². The molecule has 1 aromatic heterocycles. The smallest absolute Gasteiger partial charge is 0.258 e. The summed E-state index contributed by atoms with van der Waals surface area (Å²) >= 11 is 0. The number of rotatable bonds is 5. The van der Waals surface area contributed by atoms with Crippen LogP contribution in [0.25, 0.3) is 0 Å². The van der Waals surface area contributed by atoms with E-state index in [1.165, 1.54) is 6.07 Å². The third-order valence-electron chi connectivity index (χ3n) is 2.91. The topological polar surface area (TPSA) is 144 Å². The number of tetrazole rings is 1. The highest BCUT2D eigenvalue weighted by atomic mass is 32.2. The van der Waals surface area contributed by atoms with E-state index in [1.807, 2.05) is 0 Å². The van der Waals surface area contributed by atoms with Gasteiger partial charge in [-0.2, -0.15) is 5.21 Å². The zero-order valence-corrected chi connectivity index (χ0v) is 12.0. The maximum Gasteiger partial charge on any atom is 0.271 e. The minimum absolute atomic E-state index is 0.141. The zero-order valence-electron chi connectivity index (χ0n) is 11.2. The normalized spacial score (nSPS) is 11.5. The summed E-state index contributed by atoms with van der Waals surface area (Å²) in [4.78, 5) is 10.1. The van der Waals surface area contributed by atoms with E-state index in [0.29, 0.717) is 11.1 Å². The van der Waals surface area contributed by atoms with E-state index >= 15 is 0 Å². The van der Waals surface area contributed by atoms with Crippen molar-refractivity contribution < 1.29 is 13.3 Å². The standard InChI is InChI=1S/C10H12N6O4S/c1-6-3-8(16(17)18)4-9(7(6)2)21(19,20)11-5-10-12-14-15-13-10/h3-4,11H,5H2,1-2H3,(H,12,13,14,15). The fraction of sp³-hybridized carbons (Fsp3) is 0.300. The highest BCUT2D eigenvalue weighted by Gasteiger charge is 2.22. The first-order chi connectivity index (χ1) is 9.81. The van der Waals surface area contributed by atoms with Crippen LogP contribution in [0.3, 0.4) is 0 Å². The molecule has 0 aliphatic rings. The first-order valence-corrected chi connectivity index (χ1v) is 7.27. The summed E-state index contributed by atoms with van der Waals surface area (Å²) in [5.74, 6) is 0.165. The Morgan fingerprint density at radius 3 is 2.67 bits per heavy atom. The molecular formula is C10H12N6O4S. The molecular weight excluding hydrogens is 300 g/mol. The molecule has 10 nitrogen and oxygen atoms in total. The van der Waals surface area contributed by atoms with Crippen molar-refractivity contribution in [3.05, 3.63) is 39.2 Å². The molecule has 1 aromatic carbocycles. The van der Waals surface area contributed by atoms with Crippen LogP contribution in [0.4, 0.5) is 5.69 Å². The molecule has 0 saturated carbocycles. The van der Waals surface area contributed by atoms with Crippen molar-refractivity contribution in [2.45, 2.75) is 25.3 Å². The molecule has 0 aliphatic carbocycles. The van der Waals surface area contributed by atoms with Crippen LogP contribution in [0.2, 0.25) is 0 Å². The minimum Gasteiger partial charge on any atom is -0.258 e. The van der Waals surface area contributed by atoms with Crippen molar-refractivity contribution >= 4 is 15.7 Å². The second-order valence-corrected chi connectivity index (χ2v) is 6.03. The lowest BCUT2D eigenvalue weighted by Gasteiger charge is -2.10. The van der Waals surface area contributed by atoms with Crippen molar-refractivity contribution in [3.63, 3.8) is 0 Å². The van der Waals surface area contributed by atoms with E-state index in [4.69, 9.17) is 0 Å². The molecule has 0 aliphatic heterocycles. The van der Waals surface area contributed by atoms with Gasteiger partial charge in [0.25, 0.3) is 5.69 Å². The number of nitrogens with zero attached hydrogens (tertiary/aromatic N) is 4. The lowest BCUT2D eigenvalue weighted by molar-refractivity contribution is -0.385. The molecule has 0 radical (unpaired) electrons. The number of hydrogen-bond donors (Lipinski definition) is 2. The predicted octanol–water partition coefficient (Wildman–Crippen LogP) is 0.203. The summed E-state index contributed by atoms with van der Waals surface area (Å²) in [5, 5.41) is 23.6. The summed E-state index contributed by atoms with van der Waals surface area (Å²) < 4.78 is 26.8. The summed E-state index contributed by atoms with van der Waals surface area (Å²) in [5.41, 5.74) is 0.684. The molecule has 2 rings (SSSR count). The van der Waals surface area contributed by atoms with Gasteiger partial charge in [0, 0.05) is 12.1 Å². The highest BCUT2D eigenvalue weighted by Crippen LogP contribution is 2.25. The van der Waals surface area contributed by atoms with Gasteiger partial charge < -0.3 is 0 Å². The molecule has 112 valence electrons. The fourth-order valence-corrected chi connectivity index (χ4v) is 3.00. The number of H-pyrrole nitrogens is 1. The highest BCUT2D eigenvalue weighted by molar-refractivity contribution is 7.89. The summed E-state index contributed by atoms with van der Waals surface area (Å²) in [6.45, 7) is 3.03. The van der Waals surface area contributed by atoms with Gasteiger partial charge >= 0.3 is 0 Å². The van der Waals surface area contributed by atoms with Gasteiger partial charge in [-0.1, -0.05) is 5.21 Å². The number of nitro groups is 1. The molecule has 1 heterocycles. The zero-order chi connectivity index (χ0) is 15.6. The molecule has 2 N–H and O–H groups in total. The van der Waals surface area contributed by atoms with Crippen LogP contribution in [0.5, 0.6) is 0 Å². The minimum atomic E-state index is -3.92. The number of nitrogens with one attached hydrogen (secondary N) is 2. The van der Waals surface area contributed by atoms with Crippen LogP contribution in [0.15, 0.2) is 17.0 Å². The van der Waals surface area contributed by atoms with Crippen LogP contribution in [0, 0.1) is 24.0 Å². The number of hydrogen-bond acceptors (Lipinski definition) is 7. The molecule has 0 spiro atoms. The third kappa shape index (κ3) is 3.20. The second kappa shape index (κ2) is 5.54. The predicted molar refractivity (Wildman–Crippen MR) is 70.8 cm³/mol. The molecule has 0 atom stereocenters. The Labute approximate surface area is 119 Å². The second-order valence-electron chi connectivity index (χ2n) is 4.30. The molecule has 0 bridgehead atoms. The Morgan fingerprint density at radius 2 is 2.10 bits per heavy atom. The van der Waals surface area contributed by atoms with E-state index in [-0.39, 0.29) is 23.0 Å². The number of aromatic amines is 1. The monoisotopic (exact) mass is 312 g/mol. The summed E-state index contributed by atoms with van der Waals surface area (Å²) in [7, 11) is -3.92. The van der Waals surface area contributed by atoms with Gasteiger partial charge in [-0.3, -0.25) is 10.1 Å². The van der Waals surface area contributed by atoms with Crippen LogP contribution in [0.1, 0.15) is 17.0 Å². The van der Waals surface area contributed by atoms with Crippen LogP contribution in [-0.2, 0) is 16.6 Å². The molecule has 0 saturated heterocycles. The first-order valence-electron chi connectivity index (χ1n) is 5.79. The van der Waals surface area contributed by atoms with E-state index in [0.717, 1.165) is 6.07 Å². The van der Waals surface area contributed by atoms with Gasteiger partial charge in [0.15, 0.2) is 5.82 Å². The maximum atomic E-state index is 12.3. The van der Waals surface area contributed by atoms with Gasteiger partial charge in [0.1, 0.15) is 0 Å². The van der Waals surface area contributed by atoms with E-state index in [1.54, 1.807) is 13.8 Å². The lowest BCUT2D eigenvalue weighted by atomic mass is 10.1. The molecule has 21 heavy (non-hydrogen) atoms. The van der Waals surface area contributed by atoms with E-state index in [9.17, 15) is 18.5 Å². The van der Waals surface area contributed by atoms with Gasteiger partial charge in [-0.15, -0.1) is 10.2 Å². The summed E-state index contributed by atoms with van der Waals surface area (Å²) in [6.07, 6.45) is 0. The van der Waals surface area contributed by atoms with Gasteiger partial charge in [0.2, 0.25) is 10.0 Å². The first kappa shape index (κ1) is 15.0. The summed E-state index contributed by atoms with van der Waals surface area (Å²) in [6, 6.07) is 2.36. The number of benzene rings is 1. The molecule has 2 aromatic rings. The number of nitro benzene ring substituents is 1. The van der Waals surface area contributed by atoms with E-state index in [2.05, 4.69) is 25.3 Å². The van der Waals surface area contributed by atoms with Gasteiger partial charge in [0.05, 0.1) is 16.4 Å². The van der Waals surface area contributed by atoms with Crippen molar-refractivity contribution in [2.24, 2.45) is 0 Å². The Balaban J connectivity index is 2.37. The lowest BCUT2D eigenvalue weighted by Crippen LogP contribution is -2.25. The average Bonchev–Trinajstić information content (AvgIpc) is 2.92. The quantitative estimate of drug-likeness (QED) is 0.592. The average molecular weight is 312 g/mol. The maximum absolute atomic E-state index is 12.3. The number of aromatic nitrogens is 4. The van der Waals surface area contributed by atoms with Crippen LogP contribution in [-0.4, -0.2) is 34.0 Å². The fourth-order valence-electron chi connectivity index (χ4n) is 1.69. The van der Waals surface area contributed by atoms with E-state index < -0.39 is 14.9 Å². The van der Waals surface area contributed by atoms with Crippen molar-refractivity contribution in [2.75, 3.05) is 0 Å². The SMILES string of the molecule is Cc1cc([N+](=O)[O-])cc(S(=O)(=O)NCc2nn[nH]n2)c1C. The van der Waals surface area contributed by atoms with Crippen molar-refractivity contribution in [3.8, 4) is 0 Å². The Hall–Kier alpha value is -2.40. The van der Waals surface area contributed by atoms with Crippen LogP contribution < -0.4 is 4.72 Å². The molecule has 0 unspecified atom stereocenters. The molecule has 0 fully saturated rings. The largest absolute Gasteiger partial charge is 0.271 e. The van der Waals surface area contributed by atoms with Gasteiger partial charge in [-0.25, -0.2) is 13.1 Å². The molecule has 0 amide bonds. The third-order valence-corrected chi connectivity index (χ3v) is 4.44. The Morgan fingerprint density at radius 1 is 1.38 bits per heavy atom. The molecule has 11 heteroatoms.